The molecular weight excluding hydrogens is 794 g/mol. The molecule has 1 aliphatic carbocycles. The summed E-state index contributed by atoms with van der Waals surface area (Å²) in [4.78, 5) is 33.9. The molecule has 5 aliphatic rings. The van der Waals surface area contributed by atoms with Crippen molar-refractivity contribution in [1.29, 1.82) is 0 Å². The van der Waals surface area contributed by atoms with Crippen molar-refractivity contribution in [2.75, 3.05) is 56.6 Å². The topological polar surface area (TPSA) is 128 Å². The highest BCUT2D eigenvalue weighted by Gasteiger charge is 2.54. The van der Waals surface area contributed by atoms with Crippen molar-refractivity contribution in [1.82, 2.24) is 24.8 Å². The molecule has 3 saturated heterocycles. The second-order valence-corrected chi connectivity index (χ2v) is 16.9. The Labute approximate surface area is 313 Å². The number of amides is 1. The molecule has 2 bridgehead atoms. The van der Waals surface area contributed by atoms with Crippen LogP contribution in [0.15, 0.2) is 0 Å². The average molecular weight is 838 g/mol. The summed E-state index contributed by atoms with van der Waals surface area (Å²) >= 11 is 1.78. The number of morpholine rings is 1. The first-order valence-corrected chi connectivity index (χ1v) is 19.0. The molecule has 16 heteroatoms. The SMILES string of the molecule is Cc1c(F)c(N)c(F)c(-c2nc3c4c(nc(OCC5(CN6CCOCC6)CC5)nc4c2F)N2C[C@H]4CC[C@@H]([C@H]2[C@H](C)O3)N4C(=O)OC(C)(C)C)c1I. The molecule has 8 rings (SSSR count). The summed E-state index contributed by atoms with van der Waals surface area (Å²) in [5.41, 5.74) is 3.53. The monoisotopic (exact) mass is 837 g/mol. The van der Waals surface area contributed by atoms with E-state index in [0.717, 1.165) is 38.9 Å². The number of hydrogen-bond acceptors (Lipinski definition) is 11. The third kappa shape index (κ3) is 6.05. The zero-order chi connectivity index (χ0) is 36.9. The lowest BCUT2D eigenvalue weighted by Gasteiger charge is -2.48. The van der Waals surface area contributed by atoms with Gasteiger partial charge < -0.3 is 29.6 Å². The number of nitrogens with zero attached hydrogens (tertiary/aromatic N) is 6. The Kier molecular flexibility index (Phi) is 8.83. The number of carbonyl (C=O) groups excluding carboxylic acids is 1. The third-order valence-electron chi connectivity index (χ3n) is 11.0. The van der Waals surface area contributed by atoms with Gasteiger partial charge in [0.15, 0.2) is 17.5 Å². The highest BCUT2D eigenvalue weighted by molar-refractivity contribution is 14.1. The summed E-state index contributed by atoms with van der Waals surface area (Å²) in [6.45, 7) is 13.4. The fourth-order valence-corrected chi connectivity index (χ4v) is 8.97. The molecule has 1 saturated carbocycles. The van der Waals surface area contributed by atoms with Gasteiger partial charge in [-0.1, -0.05) is 0 Å². The van der Waals surface area contributed by atoms with Crippen LogP contribution in [0.4, 0.5) is 29.5 Å². The van der Waals surface area contributed by atoms with E-state index < -0.39 is 52.7 Å². The summed E-state index contributed by atoms with van der Waals surface area (Å²) in [5, 5.41) is 0.213. The van der Waals surface area contributed by atoms with Crippen LogP contribution in [0.1, 0.15) is 58.9 Å². The van der Waals surface area contributed by atoms with E-state index in [1.165, 1.54) is 6.92 Å². The largest absolute Gasteiger partial charge is 0.472 e. The van der Waals surface area contributed by atoms with Crippen LogP contribution in [0.5, 0.6) is 11.9 Å². The van der Waals surface area contributed by atoms with Gasteiger partial charge in [-0.2, -0.15) is 9.97 Å². The van der Waals surface area contributed by atoms with Gasteiger partial charge in [0.1, 0.15) is 39.8 Å². The Morgan fingerprint density at radius 3 is 2.50 bits per heavy atom. The van der Waals surface area contributed by atoms with E-state index >= 15 is 8.78 Å². The summed E-state index contributed by atoms with van der Waals surface area (Å²) < 4.78 is 72.1. The minimum atomic E-state index is -1.13. The molecule has 0 radical (unpaired) electrons. The van der Waals surface area contributed by atoms with Crippen molar-refractivity contribution in [3.8, 4) is 23.1 Å². The first kappa shape index (κ1) is 35.6. The molecule has 12 nitrogen and oxygen atoms in total. The Morgan fingerprint density at radius 1 is 1.08 bits per heavy atom. The number of nitrogens with two attached hydrogens (primary N) is 1. The van der Waals surface area contributed by atoms with Gasteiger partial charge in [-0.25, -0.2) is 22.9 Å². The molecule has 280 valence electrons. The quantitative estimate of drug-likeness (QED) is 0.238. The number of fused-ring (bicyclic) bond motifs is 5. The Hall–Kier alpha value is -3.38. The standard InChI is InChI=1S/C36H43F3IN7O5/c1-17-23(37)27(41)24(38)21(26(17)40)28-25(39)29-22-31(44-33(43-29)50-16-36(8-9-36)15-45-10-12-49-13-11-45)46-14-19-6-7-20(30(46)18(2)51-32(22)42-28)47(19)34(48)52-35(3,4)5/h18-20,30H,6-16,41H2,1-5H3/t18-,19+,20-,30+/m0/s1. The van der Waals surface area contributed by atoms with Gasteiger partial charge in [0.2, 0.25) is 5.88 Å². The van der Waals surface area contributed by atoms with Crippen molar-refractivity contribution in [2.45, 2.75) is 90.1 Å². The number of piperazine rings is 1. The number of halogens is 4. The molecular formula is C36H43F3IN7O5. The number of rotatable bonds is 6. The Bertz CT molecular complexity index is 1920. The van der Waals surface area contributed by atoms with Crippen LogP contribution in [0.25, 0.3) is 22.2 Å². The number of anilines is 2. The van der Waals surface area contributed by atoms with Crippen molar-refractivity contribution in [2.24, 2.45) is 5.41 Å². The zero-order valence-corrected chi connectivity index (χ0v) is 32.1. The van der Waals surface area contributed by atoms with Crippen LogP contribution in [-0.2, 0) is 9.47 Å². The predicted octanol–water partition coefficient (Wildman–Crippen LogP) is 5.83. The third-order valence-corrected chi connectivity index (χ3v) is 12.4. The van der Waals surface area contributed by atoms with Crippen LogP contribution in [0, 0.1) is 33.4 Å². The number of aromatic nitrogens is 3. The second kappa shape index (κ2) is 12.9. The zero-order valence-electron chi connectivity index (χ0n) is 29.9. The van der Waals surface area contributed by atoms with E-state index in [9.17, 15) is 9.18 Å². The fourth-order valence-electron chi connectivity index (χ4n) is 8.25. The van der Waals surface area contributed by atoms with E-state index in [2.05, 4.69) is 19.8 Å². The summed E-state index contributed by atoms with van der Waals surface area (Å²) in [7, 11) is 0. The molecule has 0 unspecified atom stereocenters. The van der Waals surface area contributed by atoms with Crippen molar-refractivity contribution in [3.05, 3.63) is 26.6 Å². The maximum Gasteiger partial charge on any atom is 0.410 e. The van der Waals surface area contributed by atoms with E-state index in [1.807, 2.05) is 32.6 Å². The predicted molar refractivity (Wildman–Crippen MR) is 195 cm³/mol. The molecule has 1 aromatic carbocycles. The highest BCUT2D eigenvalue weighted by atomic mass is 127. The lowest BCUT2D eigenvalue weighted by atomic mass is 9.98. The number of carbonyl (C=O) groups is 1. The first-order chi connectivity index (χ1) is 24.7. The normalized spacial score (nSPS) is 25.1. The van der Waals surface area contributed by atoms with Gasteiger partial charge in [-0.05, 0) is 82.9 Å². The highest BCUT2D eigenvalue weighted by Crippen LogP contribution is 2.49. The molecule has 52 heavy (non-hydrogen) atoms. The number of ether oxygens (including phenoxy) is 4. The maximum absolute atomic E-state index is 17.0. The van der Waals surface area contributed by atoms with Crippen LogP contribution in [0.2, 0.25) is 0 Å². The van der Waals surface area contributed by atoms with Crippen LogP contribution in [-0.4, -0.2) is 107 Å². The summed E-state index contributed by atoms with van der Waals surface area (Å²) in [6, 6.07) is -0.953. The molecule has 6 heterocycles. The molecule has 3 aromatic rings. The van der Waals surface area contributed by atoms with E-state index in [-0.39, 0.29) is 55.0 Å². The van der Waals surface area contributed by atoms with E-state index in [1.54, 1.807) is 22.6 Å². The van der Waals surface area contributed by atoms with Gasteiger partial charge in [-0.15, -0.1) is 0 Å². The molecule has 4 aliphatic heterocycles. The van der Waals surface area contributed by atoms with Gasteiger partial charge in [-0.3, -0.25) is 9.80 Å². The van der Waals surface area contributed by atoms with Gasteiger partial charge in [0.25, 0.3) is 0 Å². The van der Waals surface area contributed by atoms with Crippen LogP contribution >= 0.6 is 22.6 Å². The minimum Gasteiger partial charge on any atom is -0.472 e. The minimum absolute atomic E-state index is 0.00345. The average Bonchev–Trinajstić information content (AvgIpc) is 3.81. The lowest BCUT2D eigenvalue weighted by molar-refractivity contribution is 0.000939. The Balaban J connectivity index is 1.25. The number of benzene rings is 1. The molecule has 2 N–H and O–H groups in total. The van der Waals surface area contributed by atoms with Crippen LogP contribution in [0.3, 0.4) is 0 Å². The molecule has 0 spiro atoms. The summed E-state index contributed by atoms with van der Waals surface area (Å²) in [6.07, 6.45) is 2.40. The first-order valence-electron chi connectivity index (χ1n) is 17.9. The van der Waals surface area contributed by atoms with Gasteiger partial charge in [0, 0.05) is 40.7 Å². The fraction of sp³-hybridized carbons (Fsp3) is 0.611. The molecule has 4 fully saturated rings. The molecule has 4 atom stereocenters. The number of pyridine rings is 1. The maximum atomic E-state index is 17.0. The van der Waals surface area contributed by atoms with Crippen LogP contribution < -0.4 is 20.1 Å². The second-order valence-electron chi connectivity index (χ2n) is 15.8. The van der Waals surface area contributed by atoms with E-state index in [4.69, 9.17) is 29.7 Å². The molecule has 1 amide bonds. The number of nitrogen functional groups attached to an aromatic ring is 1. The lowest BCUT2D eigenvalue weighted by Crippen LogP contribution is -2.65. The Morgan fingerprint density at radius 2 is 1.81 bits per heavy atom. The summed E-state index contributed by atoms with van der Waals surface area (Å²) in [5.74, 6) is -2.61. The van der Waals surface area contributed by atoms with E-state index in [0.29, 0.717) is 38.6 Å². The molecule has 2 aromatic heterocycles. The van der Waals surface area contributed by atoms with Crippen molar-refractivity contribution >= 4 is 51.1 Å². The number of hydrogen-bond donors (Lipinski definition) is 1. The van der Waals surface area contributed by atoms with Crippen molar-refractivity contribution in [3.63, 3.8) is 0 Å². The van der Waals surface area contributed by atoms with Crippen molar-refractivity contribution < 1.29 is 36.9 Å². The van der Waals surface area contributed by atoms with Gasteiger partial charge >= 0.3 is 12.1 Å². The smallest absolute Gasteiger partial charge is 0.410 e. The van der Waals surface area contributed by atoms with Gasteiger partial charge in [0.05, 0.1) is 43.5 Å².